The third-order valence-electron chi connectivity index (χ3n) is 5.14. The highest BCUT2D eigenvalue weighted by Crippen LogP contribution is 2.33. The summed E-state index contributed by atoms with van der Waals surface area (Å²) in [5.74, 6) is 1.19. The van der Waals surface area contributed by atoms with Gasteiger partial charge < -0.3 is 14.5 Å². The van der Waals surface area contributed by atoms with E-state index >= 15 is 0 Å². The van der Waals surface area contributed by atoms with Crippen molar-refractivity contribution in [3.8, 4) is 10.7 Å². The van der Waals surface area contributed by atoms with Gasteiger partial charge in [-0.1, -0.05) is 5.16 Å². The lowest BCUT2D eigenvalue weighted by Crippen LogP contribution is -2.45. The highest BCUT2D eigenvalue weighted by atomic mass is 32.1. The molecule has 1 amide bonds. The molecule has 0 radical (unpaired) electrons. The van der Waals surface area contributed by atoms with Crippen LogP contribution >= 0.6 is 11.3 Å². The first-order valence-corrected chi connectivity index (χ1v) is 10.4. The fourth-order valence-electron chi connectivity index (χ4n) is 3.47. The van der Waals surface area contributed by atoms with Gasteiger partial charge in [-0.15, -0.1) is 11.3 Å². The van der Waals surface area contributed by atoms with Crippen LogP contribution in [0.5, 0.6) is 0 Å². The molecule has 9 heteroatoms. The fraction of sp³-hybridized carbons (Fsp3) is 0.450. The molecule has 0 spiro atoms. The summed E-state index contributed by atoms with van der Waals surface area (Å²) in [4.78, 5) is 29.0. The smallest absolute Gasteiger partial charge is 0.258 e. The Bertz CT molecular complexity index is 995. The number of rotatable bonds is 4. The van der Waals surface area contributed by atoms with Crippen molar-refractivity contribution in [2.24, 2.45) is 0 Å². The molecule has 4 heterocycles. The molecule has 1 N–H and O–H groups in total. The Morgan fingerprint density at radius 1 is 1.31 bits per heavy atom. The Kier molecular flexibility index (Phi) is 5.18. The van der Waals surface area contributed by atoms with Gasteiger partial charge in [0.15, 0.2) is 11.6 Å². The van der Waals surface area contributed by atoms with Crippen LogP contribution in [0.25, 0.3) is 10.7 Å². The predicted molar refractivity (Wildman–Crippen MR) is 107 cm³/mol. The molecule has 1 aliphatic rings. The molecule has 0 aromatic carbocycles. The van der Waals surface area contributed by atoms with Crippen LogP contribution in [-0.2, 0) is 5.60 Å². The molecule has 4 rings (SSSR count). The van der Waals surface area contributed by atoms with E-state index < -0.39 is 5.60 Å². The zero-order valence-corrected chi connectivity index (χ0v) is 17.4. The summed E-state index contributed by atoms with van der Waals surface area (Å²) in [7, 11) is 0. The molecular formula is C20H23N5O3S. The molecule has 0 bridgehead atoms. The van der Waals surface area contributed by atoms with Gasteiger partial charge in [-0.05, 0) is 51.1 Å². The van der Waals surface area contributed by atoms with E-state index in [4.69, 9.17) is 4.52 Å². The van der Waals surface area contributed by atoms with E-state index in [2.05, 4.69) is 27.0 Å². The Hall–Kier alpha value is -2.65. The molecule has 29 heavy (non-hydrogen) atoms. The van der Waals surface area contributed by atoms with Gasteiger partial charge in [0.25, 0.3) is 11.8 Å². The summed E-state index contributed by atoms with van der Waals surface area (Å²) >= 11 is 1.46. The number of hydrogen-bond acceptors (Lipinski definition) is 8. The maximum atomic E-state index is 13.4. The van der Waals surface area contributed by atoms with Crippen LogP contribution in [0.1, 0.15) is 61.6 Å². The first kappa shape index (κ1) is 19.7. The summed E-state index contributed by atoms with van der Waals surface area (Å²) in [5.41, 5.74) is -0.580. The minimum atomic E-state index is -1.19. The number of aliphatic hydroxyl groups is 1. The van der Waals surface area contributed by atoms with Crippen LogP contribution in [0.2, 0.25) is 0 Å². The van der Waals surface area contributed by atoms with E-state index in [0.717, 1.165) is 17.7 Å². The SMILES string of the molecule is C[C@@H]1CC[C@@H](c2noc(C(C)(C)O)n2)CN1C(=O)c1ccsc1-c1ncccn1. The Balaban J connectivity index is 1.58. The van der Waals surface area contributed by atoms with Crippen molar-refractivity contribution in [3.05, 3.63) is 47.2 Å². The fourth-order valence-corrected chi connectivity index (χ4v) is 4.31. The molecule has 1 aliphatic heterocycles. The van der Waals surface area contributed by atoms with Crippen LogP contribution in [0.4, 0.5) is 0 Å². The second kappa shape index (κ2) is 7.64. The third kappa shape index (κ3) is 3.92. The van der Waals surface area contributed by atoms with E-state index in [1.807, 2.05) is 16.3 Å². The lowest BCUT2D eigenvalue weighted by atomic mass is 9.92. The average molecular weight is 414 g/mol. The van der Waals surface area contributed by atoms with Gasteiger partial charge in [0.2, 0.25) is 0 Å². The van der Waals surface area contributed by atoms with E-state index in [1.165, 1.54) is 11.3 Å². The lowest BCUT2D eigenvalue weighted by Gasteiger charge is -2.37. The maximum Gasteiger partial charge on any atom is 0.258 e. The quantitative estimate of drug-likeness (QED) is 0.700. The van der Waals surface area contributed by atoms with Crippen LogP contribution < -0.4 is 0 Å². The Labute approximate surface area is 172 Å². The molecule has 0 aliphatic carbocycles. The van der Waals surface area contributed by atoms with Crippen molar-refractivity contribution in [2.75, 3.05) is 6.54 Å². The monoisotopic (exact) mass is 413 g/mol. The minimum Gasteiger partial charge on any atom is -0.381 e. The molecule has 1 fully saturated rings. The molecule has 3 aromatic rings. The summed E-state index contributed by atoms with van der Waals surface area (Å²) in [5, 5.41) is 16.0. The van der Waals surface area contributed by atoms with Crippen molar-refractivity contribution in [1.29, 1.82) is 0 Å². The maximum absolute atomic E-state index is 13.4. The number of likely N-dealkylation sites (tertiary alicyclic amines) is 1. The number of carbonyl (C=O) groups excluding carboxylic acids is 1. The van der Waals surface area contributed by atoms with Crippen LogP contribution in [0.3, 0.4) is 0 Å². The van der Waals surface area contributed by atoms with E-state index in [0.29, 0.717) is 23.8 Å². The Morgan fingerprint density at radius 3 is 2.76 bits per heavy atom. The molecule has 2 atom stereocenters. The van der Waals surface area contributed by atoms with Crippen LogP contribution in [-0.4, -0.2) is 48.6 Å². The number of piperidine rings is 1. The number of aromatic nitrogens is 4. The zero-order chi connectivity index (χ0) is 20.6. The van der Waals surface area contributed by atoms with Crippen molar-refractivity contribution in [3.63, 3.8) is 0 Å². The highest BCUT2D eigenvalue weighted by molar-refractivity contribution is 7.14. The molecule has 152 valence electrons. The summed E-state index contributed by atoms with van der Waals surface area (Å²) in [6.07, 6.45) is 5.04. The van der Waals surface area contributed by atoms with Gasteiger partial charge in [0.1, 0.15) is 5.60 Å². The van der Waals surface area contributed by atoms with Crippen molar-refractivity contribution in [2.45, 2.75) is 51.2 Å². The van der Waals surface area contributed by atoms with Gasteiger partial charge >= 0.3 is 0 Å². The molecule has 1 saturated heterocycles. The van der Waals surface area contributed by atoms with Gasteiger partial charge in [-0.3, -0.25) is 4.79 Å². The number of carbonyl (C=O) groups is 1. The molecule has 0 unspecified atom stereocenters. The summed E-state index contributed by atoms with van der Waals surface area (Å²) < 4.78 is 5.22. The third-order valence-corrected chi connectivity index (χ3v) is 6.05. The molecular weight excluding hydrogens is 390 g/mol. The van der Waals surface area contributed by atoms with Gasteiger partial charge in [-0.2, -0.15) is 4.98 Å². The average Bonchev–Trinajstić information content (AvgIpc) is 3.38. The molecule has 0 saturated carbocycles. The first-order chi connectivity index (χ1) is 13.8. The zero-order valence-electron chi connectivity index (χ0n) is 16.6. The van der Waals surface area contributed by atoms with Gasteiger partial charge in [0.05, 0.1) is 10.4 Å². The molecule has 8 nitrogen and oxygen atoms in total. The van der Waals surface area contributed by atoms with Gasteiger partial charge in [-0.25, -0.2) is 9.97 Å². The molecule has 3 aromatic heterocycles. The first-order valence-electron chi connectivity index (χ1n) is 9.57. The Morgan fingerprint density at radius 2 is 2.07 bits per heavy atom. The summed E-state index contributed by atoms with van der Waals surface area (Å²) in [6.45, 7) is 5.76. The summed E-state index contributed by atoms with van der Waals surface area (Å²) in [6, 6.07) is 3.68. The number of thiophene rings is 1. The van der Waals surface area contributed by atoms with Crippen molar-refractivity contribution < 1.29 is 14.4 Å². The normalized spacial score (nSPS) is 20.1. The minimum absolute atomic E-state index is 0.0370. The van der Waals surface area contributed by atoms with Crippen molar-refractivity contribution >= 4 is 17.2 Å². The second-order valence-corrected chi connectivity index (χ2v) is 8.75. The number of hydrogen-bond donors (Lipinski definition) is 1. The number of amides is 1. The van der Waals surface area contributed by atoms with E-state index in [9.17, 15) is 9.90 Å². The predicted octanol–water partition coefficient (Wildman–Crippen LogP) is 3.22. The van der Waals surface area contributed by atoms with E-state index in [1.54, 1.807) is 32.3 Å². The van der Waals surface area contributed by atoms with Crippen LogP contribution in [0.15, 0.2) is 34.4 Å². The second-order valence-electron chi connectivity index (χ2n) is 7.83. The standard InChI is InChI=1S/C20H23N5O3S/c1-12-5-6-13(16-23-19(28-24-16)20(2,3)27)11-25(12)18(26)14-7-10-29-15(14)17-21-8-4-9-22-17/h4,7-10,12-13,27H,5-6,11H2,1-3H3/t12-,13-/m1/s1. The van der Waals surface area contributed by atoms with Crippen molar-refractivity contribution in [1.82, 2.24) is 25.0 Å². The number of nitrogens with zero attached hydrogens (tertiary/aromatic N) is 5. The van der Waals surface area contributed by atoms with Gasteiger partial charge in [0, 0.05) is 30.9 Å². The highest BCUT2D eigenvalue weighted by Gasteiger charge is 2.35. The van der Waals surface area contributed by atoms with Crippen LogP contribution in [0, 0.1) is 0 Å². The van der Waals surface area contributed by atoms with E-state index in [-0.39, 0.29) is 23.8 Å². The largest absolute Gasteiger partial charge is 0.381 e. The topological polar surface area (TPSA) is 105 Å². The lowest BCUT2D eigenvalue weighted by molar-refractivity contribution is 0.0420.